The maximum absolute atomic E-state index is 12.6. The second-order valence-corrected chi connectivity index (χ2v) is 5.39. The molecule has 1 aliphatic rings. The van der Waals surface area contributed by atoms with Gasteiger partial charge in [0.25, 0.3) is 5.91 Å². The van der Waals surface area contributed by atoms with Crippen LogP contribution < -0.4 is 5.32 Å². The molecule has 4 heteroatoms. The number of rotatable bonds is 5. The standard InChI is InChI=1S/C15H23N3O/c1-5-18(12-6-7-12)15(19)11-8-13(10(2)3)17-14(9-11)16-4/h8-10,12H,5-7H2,1-4H3,(H,16,17). The first-order valence-electron chi connectivity index (χ1n) is 7.07. The van der Waals surface area contributed by atoms with Crippen LogP contribution >= 0.6 is 0 Å². The molecule has 104 valence electrons. The van der Waals surface area contributed by atoms with Gasteiger partial charge in [-0.15, -0.1) is 0 Å². The second-order valence-electron chi connectivity index (χ2n) is 5.39. The molecule has 19 heavy (non-hydrogen) atoms. The minimum absolute atomic E-state index is 0.130. The Hall–Kier alpha value is -1.58. The average molecular weight is 261 g/mol. The number of hydrogen-bond acceptors (Lipinski definition) is 3. The highest BCUT2D eigenvalue weighted by atomic mass is 16.2. The first-order chi connectivity index (χ1) is 9.06. The molecule has 0 spiro atoms. The Labute approximate surface area is 115 Å². The van der Waals surface area contributed by atoms with Crippen molar-refractivity contribution in [3.63, 3.8) is 0 Å². The largest absolute Gasteiger partial charge is 0.373 e. The van der Waals surface area contributed by atoms with Gasteiger partial charge in [-0.3, -0.25) is 4.79 Å². The van der Waals surface area contributed by atoms with Crippen molar-refractivity contribution >= 4 is 11.7 Å². The number of pyridine rings is 1. The molecule has 0 saturated heterocycles. The fraction of sp³-hybridized carbons (Fsp3) is 0.600. The minimum Gasteiger partial charge on any atom is -0.373 e. The van der Waals surface area contributed by atoms with E-state index in [4.69, 9.17) is 0 Å². The topological polar surface area (TPSA) is 45.2 Å². The third-order valence-corrected chi connectivity index (χ3v) is 3.53. The van der Waals surface area contributed by atoms with Crippen LogP contribution in [0.2, 0.25) is 0 Å². The van der Waals surface area contributed by atoms with E-state index in [-0.39, 0.29) is 5.91 Å². The van der Waals surface area contributed by atoms with Gasteiger partial charge in [0.15, 0.2) is 0 Å². The Morgan fingerprint density at radius 2 is 2.16 bits per heavy atom. The molecule has 1 N–H and O–H groups in total. The van der Waals surface area contributed by atoms with Crippen molar-refractivity contribution in [2.75, 3.05) is 18.9 Å². The number of aromatic nitrogens is 1. The van der Waals surface area contributed by atoms with E-state index in [2.05, 4.69) is 24.1 Å². The van der Waals surface area contributed by atoms with Crippen molar-refractivity contribution in [2.45, 2.75) is 45.6 Å². The van der Waals surface area contributed by atoms with Gasteiger partial charge in [-0.1, -0.05) is 13.8 Å². The lowest BCUT2D eigenvalue weighted by Gasteiger charge is -2.21. The van der Waals surface area contributed by atoms with E-state index >= 15 is 0 Å². The maximum Gasteiger partial charge on any atom is 0.254 e. The molecular weight excluding hydrogens is 238 g/mol. The van der Waals surface area contributed by atoms with Crippen LogP contribution in [0.25, 0.3) is 0 Å². The zero-order valence-corrected chi connectivity index (χ0v) is 12.2. The molecule has 0 bridgehead atoms. The third kappa shape index (κ3) is 3.06. The van der Waals surface area contributed by atoms with Gasteiger partial charge in [0.1, 0.15) is 5.82 Å². The van der Waals surface area contributed by atoms with Crippen LogP contribution in [0.4, 0.5) is 5.82 Å². The molecule has 1 aliphatic carbocycles. The van der Waals surface area contributed by atoms with Gasteiger partial charge < -0.3 is 10.2 Å². The van der Waals surface area contributed by atoms with Gasteiger partial charge in [-0.05, 0) is 37.8 Å². The predicted molar refractivity (Wildman–Crippen MR) is 77.6 cm³/mol. The lowest BCUT2D eigenvalue weighted by molar-refractivity contribution is 0.0752. The minimum atomic E-state index is 0.130. The third-order valence-electron chi connectivity index (χ3n) is 3.53. The molecule has 1 heterocycles. The summed E-state index contributed by atoms with van der Waals surface area (Å²) in [7, 11) is 1.83. The van der Waals surface area contributed by atoms with Crippen molar-refractivity contribution in [2.24, 2.45) is 0 Å². The maximum atomic E-state index is 12.6. The van der Waals surface area contributed by atoms with Crippen LogP contribution in [-0.4, -0.2) is 35.4 Å². The summed E-state index contributed by atoms with van der Waals surface area (Å²) in [5.74, 6) is 1.21. The van der Waals surface area contributed by atoms with Gasteiger partial charge in [0.05, 0.1) is 0 Å². The van der Waals surface area contributed by atoms with Gasteiger partial charge in [0.2, 0.25) is 0 Å². The smallest absolute Gasteiger partial charge is 0.254 e. The highest BCUT2D eigenvalue weighted by Gasteiger charge is 2.32. The first-order valence-corrected chi connectivity index (χ1v) is 7.07. The van der Waals surface area contributed by atoms with E-state index in [1.165, 1.54) is 0 Å². The molecular formula is C15H23N3O. The van der Waals surface area contributed by atoms with Crippen molar-refractivity contribution in [1.82, 2.24) is 9.88 Å². The summed E-state index contributed by atoms with van der Waals surface area (Å²) >= 11 is 0. The first kappa shape index (κ1) is 13.8. The Balaban J connectivity index is 2.31. The van der Waals surface area contributed by atoms with Crippen molar-refractivity contribution in [3.8, 4) is 0 Å². The van der Waals surface area contributed by atoms with Gasteiger partial charge in [0, 0.05) is 30.9 Å². The zero-order chi connectivity index (χ0) is 14.0. The van der Waals surface area contributed by atoms with Crippen molar-refractivity contribution in [1.29, 1.82) is 0 Å². The van der Waals surface area contributed by atoms with E-state index in [1.807, 2.05) is 31.0 Å². The molecule has 0 atom stereocenters. The van der Waals surface area contributed by atoms with Crippen LogP contribution in [0.1, 0.15) is 55.6 Å². The number of nitrogens with one attached hydrogen (secondary N) is 1. The van der Waals surface area contributed by atoms with E-state index in [9.17, 15) is 4.79 Å². The number of carbonyl (C=O) groups excluding carboxylic acids is 1. The van der Waals surface area contributed by atoms with Crippen LogP contribution in [-0.2, 0) is 0 Å². The molecule has 2 rings (SSSR count). The Bertz CT molecular complexity index is 466. The summed E-state index contributed by atoms with van der Waals surface area (Å²) in [6.45, 7) is 7.00. The molecule has 0 radical (unpaired) electrons. The lowest BCUT2D eigenvalue weighted by Crippen LogP contribution is -2.33. The highest BCUT2D eigenvalue weighted by Crippen LogP contribution is 2.28. The molecule has 1 aromatic heterocycles. The molecule has 1 amide bonds. The van der Waals surface area contributed by atoms with Crippen molar-refractivity contribution in [3.05, 3.63) is 23.4 Å². The number of anilines is 1. The quantitative estimate of drug-likeness (QED) is 0.886. The summed E-state index contributed by atoms with van der Waals surface area (Å²) < 4.78 is 0. The fourth-order valence-electron chi connectivity index (χ4n) is 2.22. The second kappa shape index (κ2) is 5.59. The molecule has 1 aromatic rings. The average Bonchev–Trinajstić information content (AvgIpc) is 3.23. The fourth-order valence-corrected chi connectivity index (χ4v) is 2.22. The van der Waals surface area contributed by atoms with E-state index < -0.39 is 0 Å². The van der Waals surface area contributed by atoms with E-state index in [0.717, 1.165) is 36.5 Å². The molecule has 0 unspecified atom stereocenters. The van der Waals surface area contributed by atoms with Crippen LogP contribution in [0.15, 0.2) is 12.1 Å². The molecule has 4 nitrogen and oxygen atoms in total. The van der Waals surface area contributed by atoms with Gasteiger partial charge >= 0.3 is 0 Å². The van der Waals surface area contributed by atoms with E-state index in [0.29, 0.717) is 12.0 Å². The van der Waals surface area contributed by atoms with Crippen LogP contribution in [0.3, 0.4) is 0 Å². The Morgan fingerprint density at radius 3 is 2.63 bits per heavy atom. The summed E-state index contributed by atoms with van der Waals surface area (Å²) in [6.07, 6.45) is 2.28. The SMILES string of the molecule is CCN(C(=O)c1cc(NC)nc(C(C)C)c1)C1CC1. The van der Waals surface area contributed by atoms with Crippen molar-refractivity contribution < 1.29 is 4.79 Å². The summed E-state index contributed by atoms with van der Waals surface area (Å²) in [4.78, 5) is 19.0. The molecule has 0 aliphatic heterocycles. The molecule has 1 fully saturated rings. The summed E-state index contributed by atoms with van der Waals surface area (Å²) in [5, 5.41) is 3.04. The lowest BCUT2D eigenvalue weighted by atomic mass is 10.1. The van der Waals surface area contributed by atoms with Crippen LogP contribution in [0.5, 0.6) is 0 Å². The Kier molecular flexibility index (Phi) is 4.08. The molecule has 1 saturated carbocycles. The number of hydrogen-bond donors (Lipinski definition) is 1. The number of amides is 1. The van der Waals surface area contributed by atoms with Gasteiger partial charge in [-0.2, -0.15) is 0 Å². The van der Waals surface area contributed by atoms with Gasteiger partial charge in [-0.25, -0.2) is 4.98 Å². The highest BCUT2D eigenvalue weighted by molar-refractivity contribution is 5.95. The Morgan fingerprint density at radius 1 is 1.47 bits per heavy atom. The zero-order valence-electron chi connectivity index (χ0n) is 12.2. The summed E-state index contributed by atoms with van der Waals surface area (Å²) in [5.41, 5.74) is 1.71. The number of nitrogens with zero attached hydrogens (tertiary/aromatic N) is 2. The molecule has 0 aromatic carbocycles. The monoisotopic (exact) mass is 261 g/mol. The summed E-state index contributed by atoms with van der Waals surface area (Å²) in [6, 6.07) is 4.23. The normalized spacial score (nSPS) is 14.6. The predicted octanol–water partition coefficient (Wildman–Crippen LogP) is 2.87. The number of carbonyl (C=O) groups is 1. The van der Waals surface area contributed by atoms with E-state index in [1.54, 1.807) is 0 Å². The van der Waals surface area contributed by atoms with Crippen LogP contribution in [0, 0.1) is 0 Å².